The second kappa shape index (κ2) is 5.52. The number of hydrogen-bond donors (Lipinski definition) is 1. The predicted octanol–water partition coefficient (Wildman–Crippen LogP) is 3.64. The number of nitrogens with two attached hydrogens (primary N) is 1. The molecule has 2 aromatic carbocycles. The van der Waals surface area contributed by atoms with E-state index in [1.807, 2.05) is 6.92 Å². The Labute approximate surface area is 103 Å². The Morgan fingerprint density at radius 1 is 1.12 bits per heavy atom. The zero-order chi connectivity index (χ0) is 12.1. The van der Waals surface area contributed by atoms with Gasteiger partial charge < -0.3 is 5.73 Å². The van der Waals surface area contributed by atoms with Crippen LogP contribution in [-0.4, -0.2) is 0 Å². The van der Waals surface area contributed by atoms with E-state index in [1.54, 1.807) is 0 Å². The molecule has 0 aliphatic heterocycles. The van der Waals surface area contributed by atoms with Gasteiger partial charge in [-0.2, -0.15) is 0 Å². The Bertz CT molecular complexity index is 560. The lowest BCUT2D eigenvalue weighted by Gasteiger charge is -2.11. The third kappa shape index (κ3) is 2.87. The van der Waals surface area contributed by atoms with Crippen molar-refractivity contribution in [3.63, 3.8) is 0 Å². The molecular weight excluding hydrogens is 206 g/mol. The van der Waals surface area contributed by atoms with E-state index in [0.29, 0.717) is 0 Å². The van der Waals surface area contributed by atoms with Crippen molar-refractivity contribution in [1.29, 1.82) is 0 Å². The molecule has 0 fully saturated rings. The molecule has 86 valence electrons. The van der Waals surface area contributed by atoms with Gasteiger partial charge in [0.15, 0.2) is 0 Å². The molecule has 0 saturated heterocycles. The van der Waals surface area contributed by atoms with Crippen molar-refractivity contribution < 1.29 is 0 Å². The van der Waals surface area contributed by atoms with Crippen molar-refractivity contribution in [3.05, 3.63) is 48.0 Å². The highest BCUT2D eigenvalue weighted by Crippen LogP contribution is 2.21. The molecular formula is C16H17N. The van der Waals surface area contributed by atoms with Crippen molar-refractivity contribution in [2.24, 2.45) is 5.73 Å². The van der Waals surface area contributed by atoms with Crippen LogP contribution in [0.4, 0.5) is 0 Å². The first-order valence-corrected chi connectivity index (χ1v) is 5.95. The van der Waals surface area contributed by atoms with Crippen LogP contribution in [0.15, 0.2) is 42.5 Å². The summed E-state index contributed by atoms with van der Waals surface area (Å²) in [6.45, 7) is 1.86. The van der Waals surface area contributed by atoms with Crippen LogP contribution in [-0.2, 0) is 0 Å². The van der Waals surface area contributed by atoms with Gasteiger partial charge in [0.05, 0.1) is 0 Å². The second-order valence-electron chi connectivity index (χ2n) is 4.18. The summed E-state index contributed by atoms with van der Waals surface area (Å²) in [5.41, 5.74) is 7.35. The number of fused-ring (bicyclic) bond motifs is 1. The quantitative estimate of drug-likeness (QED) is 0.790. The molecule has 0 bridgehead atoms. The molecule has 17 heavy (non-hydrogen) atoms. The third-order valence-electron chi connectivity index (χ3n) is 2.96. The molecule has 1 nitrogen and oxygen atoms in total. The highest BCUT2D eigenvalue weighted by Gasteiger charge is 2.05. The molecule has 0 aliphatic carbocycles. The average Bonchev–Trinajstić information content (AvgIpc) is 2.38. The van der Waals surface area contributed by atoms with E-state index in [1.165, 1.54) is 16.3 Å². The molecule has 1 heteroatoms. The normalized spacial score (nSPS) is 11.9. The summed E-state index contributed by atoms with van der Waals surface area (Å²) in [5.74, 6) is 5.95. The summed E-state index contributed by atoms with van der Waals surface area (Å²) in [6.07, 6.45) is 1.78. The molecule has 0 radical (unpaired) electrons. The van der Waals surface area contributed by atoms with Crippen LogP contribution in [0.1, 0.15) is 31.4 Å². The van der Waals surface area contributed by atoms with Crippen molar-refractivity contribution in [3.8, 4) is 11.8 Å². The summed E-state index contributed by atoms with van der Waals surface area (Å²) in [7, 11) is 0. The fourth-order valence-corrected chi connectivity index (χ4v) is 1.96. The van der Waals surface area contributed by atoms with Crippen LogP contribution in [0.5, 0.6) is 0 Å². The first-order valence-electron chi connectivity index (χ1n) is 5.95. The first kappa shape index (κ1) is 11.7. The van der Waals surface area contributed by atoms with E-state index < -0.39 is 0 Å². The maximum atomic E-state index is 6.16. The van der Waals surface area contributed by atoms with Crippen molar-refractivity contribution in [1.82, 2.24) is 0 Å². The predicted molar refractivity (Wildman–Crippen MR) is 73.6 cm³/mol. The molecule has 2 rings (SSSR count). The topological polar surface area (TPSA) is 26.0 Å². The van der Waals surface area contributed by atoms with E-state index in [9.17, 15) is 0 Å². The van der Waals surface area contributed by atoms with E-state index in [-0.39, 0.29) is 6.04 Å². The zero-order valence-corrected chi connectivity index (χ0v) is 10.1. The smallest absolute Gasteiger partial charge is 0.0304 e. The monoisotopic (exact) mass is 223 g/mol. The lowest BCUT2D eigenvalue weighted by Crippen LogP contribution is -2.09. The fraction of sp³-hybridized carbons (Fsp3) is 0.250. The minimum atomic E-state index is 0.0838. The summed E-state index contributed by atoms with van der Waals surface area (Å²) >= 11 is 0. The fourth-order valence-electron chi connectivity index (χ4n) is 1.96. The number of rotatable bonds is 3. The van der Waals surface area contributed by atoms with Crippen LogP contribution >= 0.6 is 0 Å². The number of hydrogen-bond acceptors (Lipinski definition) is 1. The van der Waals surface area contributed by atoms with Gasteiger partial charge in [0.25, 0.3) is 0 Å². The highest BCUT2D eigenvalue weighted by atomic mass is 14.6. The average molecular weight is 223 g/mol. The van der Waals surface area contributed by atoms with Gasteiger partial charge in [-0.15, -0.1) is 11.8 Å². The van der Waals surface area contributed by atoms with Crippen LogP contribution < -0.4 is 5.73 Å². The van der Waals surface area contributed by atoms with E-state index in [4.69, 9.17) is 5.73 Å². The molecule has 2 aromatic rings. The summed E-state index contributed by atoms with van der Waals surface area (Å²) in [4.78, 5) is 0. The van der Waals surface area contributed by atoms with E-state index in [0.717, 1.165) is 12.8 Å². The third-order valence-corrected chi connectivity index (χ3v) is 2.96. The summed E-state index contributed by atoms with van der Waals surface area (Å²) in [6, 6.07) is 14.9. The molecule has 0 spiro atoms. The van der Waals surface area contributed by atoms with Gasteiger partial charge in [-0.1, -0.05) is 36.4 Å². The van der Waals surface area contributed by atoms with E-state index in [2.05, 4.69) is 54.3 Å². The first-order chi connectivity index (χ1) is 8.31. The van der Waals surface area contributed by atoms with Gasteiger partial charge >= 0.3 is 0 Å². The van der Waals surface area contributed by atoms with Gasteiger partial charge in [0.2, 0.25) is 0 Å². The Morgan fingerprint density at radius 3 is 2.65 bits per heavy atom. The lowest BCUT2D eigenvalue weighted by molar-refractivity contribution is 0.668. The van der Waals surface area contributed by atoms with Crippen molar-refractivity contribution in [2.45, 2.75) is 25.8 Å². The van der Waals surface area contributed by atoms with Crippen LogP contribution in [0.25, 0.3) is 10.8 Å². The molecule has 0 aromatic heterocycles. The SMILES string of the molecule is CC#CCCC(N)c1ccc2ccccc2c1. The minimum Gasteiger partial charge on any atom is -0.324 e. The Hall–Kier alpha value is -1.78. The Balaban J connectivity index is 2.19. The van der Waals surface area contributed by atoms with Crippen molar-refractivity contribution >= 4 is 10.8 Å². The van der Waals surface area contributed by atoms with Gasteiger partial charge in [-0.05, 0) is 35.7 Å². The van der Waals surface area contributed by atoms with Crippen LogP contribution in [0, 0.1) is 11.8 Å². The van der Waals surface area contributed by atoms with Gasteiger partial charge in [0.1, 0.15) is 0 Å². The van der Waals surface area contributed by atoms with Gasteiger partial charge in [-0.25, -0.2) is 0 Å². The standard InChI is InChI=1S/C16H17N/c1-2-3-4-9-16(17)15-11-10-13-7-5-6-8-14(13)12-15/h5-8,10-12,16H,4,9,17H2,1H3. The van der Waals surface area contributed by atoms with E-state index >= 15 is 0 Å². The zero-order valence-electron chi connectivity index (χ0n) is 10.1. The summed E-state index contributed by atoms with van der Waals surface area (Å²) < 4.78 is 0. The molecule has 0 amide bonds. The second-order valence-corrected chi connectivity index (χ2v) is 4.18. The van der Waals surface area contributed by atoms with Gasteiger partial charge in [0, 0.05) is 12.5 Å². The molecule has 0 heterocycles. The van der Waals surface area contributed by atoms with Gasteiger partial charge in [-0.3, -0.25) is 0 Å². The molecule has 0 saturated carbocycles. The van der Waals surface area contributed by atoms with Crippen LogP contribution in [0.3, 0.4) is 0 Å². The lowest BCUT2D eigenvalue weighted by atomic mass is 9.99. The summed E-state index contributed by atoms with van der Waals surface area (Å²) in [5, 5.41) is 2.51. The highest BCUT2D eigenvalue weighted by molar-refractivity contribution is 5.83. The van der Waals surface area contributed by atoms with Crippen LogP contribution in [0.2, 0.25) is 0 Å². The Morgan fingerprint density at radius 2 is 1.88 bits per heavy atom. The molecule has 1 atom stereocenters. The molecule has 1 unspecified atom stereocenters. The molecule has 0 aliphatic rings. The largest absolute Gasteiger partial charge is 0.324 e. The minimum absolute atomic E-state index is 0.0838. The maximum absolute atomic E-state index is 6.16. The Kier molecular flexibility index (Phi) is 3.80. The maximum Gasteiger partial charge on any atom is 0.0304 e. The van der Waals surface area contributed by atoms with Crippen molar-refractivity contribution in [2.75, 3.05) is 0 Å². The molecule has 2 N–H and O–H groups in total. The number of benzene rings is 2.